The van der Waals surface area contributed by atoms with Crippen molar-refractivity contribution >= 4 is 16.6 Å². The van der Waals surface area contributed by atoms with Crippen LogP contribution in [0.4, 0.5) is 5.69 Å². The highest BCUT2D eigenvalue weighted by molar-refractivity contribution is 5.84. The average molecular weight is 247 g/mol. The SMILES string of the molecule is N#CC(c1ccc(N)cc1)c1c[nH]c2ccccc12. The van der Waals surface area contributed by atoms with Crippen LogP contribution in [0.25, 0.3) is 10.9 Å². The standard InChI is InChI=1S/C16H13N3/c17-9-14(11-5-7-12(18)8-6-11)15-10-19-16-4-2-1-3-13(15)16/h1-8,10,14,19H,18H2. The van der Waals surface area contributed by atoms with Crippen LogP contribution in [0, 0.1) is 11.3 Å². The Morgan fingerprint density at radius 1 is 1.05 bits per heavy atom. The summed E-state index contributed by atoms with van der Waals surface area (Å²) in [6.07, 6.45) is 1.91. The molecular weight excluding hydrogens is 234 g/mol. The maximum Gasteiger partial charge on any atom is 0.0983 e. The molecule has 0 aliphatic rings. The molecule has 3 nitrogen and oxygen atoms in total. The monoisotopic (exact) mass is 247 g/mol. The second kappa shape index (κ2) is 4.51. The molecule has 0 bridgehead atoms. The van der Waals surface area contributed by atoms with Crippen molar-refractivity contribution in [2.24, 2.45) is 0 Å². The number of hydrogen-bond donors (Lipinski definition) is 2. The van der Waals surface area contributed by atoms with Gasteiger partial charge in [0.2, 0.25) is 0 Å². The number of nitrogen functional groups attached to an aromatic ring is 1. The van der Waals surface area contributed by atoms with Gasteiger partial charge in [-0.25, -0.2) is 0 Å². The van der Waals surface area contributed by atoms with Gasteiger partial charge in [-0.05, 0) is 29.3 Å². The minimum absolute atomic E-state index is 0.281. The number of fused-ring (bicyclic) bond motifs is 1. The summed E-state index contributed by atoms with van der Waals surface area (Å²) in [4.78, 5) is 3.21. The van der Waals surface area contributed by atoms with Crippen molar-refractivity contribution < 1.29 is 0 Å². The van der Waals surface area contributed by atoms with Crippen molar-refractivity contribution in [1.29, 1.82) is 5.26 Å². The lowest BCUT2D eigenvalue weighted by Gasteiger charge is -2.09. The number of aromatic amines is 1. The fourth-order valence-electron chi connectivity index (χ4n) is 2.34. The minimum atomic E-state index is -0.281. The van der Waals surface area contributed by atoms with Gasteiger partial charge in [0.15, 0.2) is 0 Å². The Bertz CT molecular complexity index is 748. The average Bonchev–Trinajstić information content (AvgIpc) is 2.86. The van der Waals surface area contributed by atoms with E-state index in [1.54, 1.807) is 0 Å². The molecule has 19 heavy (non-hydrogen) atoms. The Balaban J connectivity index is 2.13. The fourth-order valence-corrected chi connectivity index (χ4v) is 2.34. The number of hydrogen-bond acceptors (Lipinski definition) is 2. The first-order valence-electron chi connectivity index (χ1n) is 6.10. The number of rotatable bonds is 2. The third-order valence-corrected chi connectivity index (χ3v) is 3.33. The summed E-state index contributed by atoms with van der Waals surface area (Å²) in [5.41, 5.74) is 9.41. The van der Waals surface area contributed by atoms with E-state index >= 15 is 0 Å². The molecule has 2 aromatic carbocycles. The number of nitrogens with one attached hydrogen (secondary N) is 1. The van der Waals surface area contributed by atoms with Gasteiger partial charge in [0, 0.05) is 22.8 Å². The van der Waals surface area contributed by atoms with Crippen molar-refractivity contribution in [3.63, 3.8) is 0 Å². The van der Waals surface area contributed by atoms with Gasteiger partial charge in [0.1, 0.15) is 0 Å². The normalized spacial score (nSPS) is 12.2. The molecule has 1 aromatic heterocycles. The van der Waals surface area contributed by atoms with Gasteiger partial charge < -0.3 is 10.7 Å². The van der Waals surface area contributed by atoms with E-state index in [4.69, 9.17) is 5.73 Å². The van der Waals surface area contributed by atoms with Gasteiger partial charge in [-0.2, -0.15) is 5.26 Å². The van der Waals surface area contributed by atoms with Gasteiger partial charge in [-0.15, -0.1) is 0 Å². The van der Waals surface area contributed by atoms with Crippen molar-refractivity contribution in [1.82, 2.24) is 4.98 Å². The van der Waals surface area contributed by atoms with Gasteiger partial charge in [0.05, 0.1) is 12.0 Å². The maximum atomic E-state index is 9.48. The molecule has 0 saturated carbocycles. The minimum Gasteiger partial charge on any atom is -0.399 e. The number of nitrogens with zero attached hydrogens (tertiary/aromatic N) is 1. The van der Waals surface area contributed by atoms with Crippen LogP contribution in [-0.2, 0) is 0 Å². The fraction of sp³-hybridized carbons (Fsp3) is 0.0625. The Morgan fingerprint density at radius 2 is 1.79 bits per heavy atom. The number of H-pyrrole nitrogens is 1. The molecule has 1 atom stereocenters. The summed E-state index contributed by atoms with van der Waals surface area (Å²) in [6.45, 7) is 0. The van der Waals surface area contributed by atoms with Crippen molar-refractivity contribution in [3.05, 3.63) is 65.9 Å². The van der Waals surface area contributed by atoms with Crippen LogP contribution >= 0.6 is 0 Å². The smallest absolute Gasteiger partial charge is 0.0983 e. The number of benzene rings is 2. The first kappa shape index (κ1) is 11.4. The second-order valence-electron chi connectivity index (χ2n) is 4.52. The summed E-state index contributed by atoms with van der Waals surface area (Å²) in [7, 11) is 0. The lowest BCUT2D eigenvalue weighted by atomic mass is 9.92. The molecule has 3 aromatic rings. The predicted octanol–water partition coefficient (Wildman–Crippen LogP) is 3.41. The molecule has 3 heteroatoms. The summed E-state index contributed by atoms with van der Waals surface area (Å²) < 4.78 is 0. The molecule has 0 aliphatic carbocycles. The van der Waals surface area contributed by atoms with E-state index in [2.05, 4.69) is 11.1 Å². The molecule has 0 aliphatic heterocycles. The lowest BCUT2D eigenvalue weighted by Crippen LogP contribution is -1.97. The molecule has 3 N–H and O–H groups in total. The number of nitriles is 1. The lowest BCUT2D eigenvalue weighted by molar-refractivity contribution is 1.05. The van der Waals surface area contributed by atoms with E-state index in [0.717, 1.165) is 22.0 Å². The molecule has 1 unspecified atom stereocenters. The van der Waals surface area contributed by atoms with E-state index in [0.29, 0.717) is 5.69 Å². The summed E-state index contributed by atoms with van der Waals surface area (Å²) >= 11 is 0. The highest BCUT2D eigenvalue weighted by Crippen LogP contribution is 2.30. The van der Waals surface area contributed by atoms with Gasteiger partial charge in [-0.1, -0.05) is 30.3 Å². The highest BCUT2D eigenvalue weighted by atomic mass is 14.7. The molecule has 1 heterocycles. The van der Waals surface area contributed by atoms with E-state index < -0.39 is 0 Å². The third-order valence-electron chi connectivity index (χ3n) is 3.33. The van der Waals surface area contributed by atoms with Crippen molar-refractivity contribution in [2.45, 2.75) is 5.92 Å². The van der Waals surface area contributed by atoms with Crippen LogP contribution in [0.2, 0.25) is 0 Å². The van der Waals surface area contributed by atoms with E-state index in [1.807, 2.05) is 54.7 Å². The first-order chi connectivity index (χ1) is 9.29. The highest BCUT2D eigenvalue weighted by Gasteiger charge is 2.17. The number of anilines is 1. The van der Waals surface area contributed by atoms with Crippen LogP contribution < -0.4 is 5.73 Å². The molecule has 0 spiro atoms. The zero-order valence-electron chi connectivity index (χ0n) is 10.3. The van der Waals surface area contributed by atoms with Crippen LogP contribution in [0.1, 0.15) is 17.0 Å². The Labute approximate surface area is 111 Å². The molecule has 0 saturated heterocycles. The molecule has 3 rings (SSSR count). The maximum absolute atomic E-state index is 9.48. The molecular formula is C16H13N3. The summed E-state index contributed by atoms with van der Waals surface area (Å²) in [5, 5.41) is 10.6. The first-order valence-corrected chi connectivity index (χ1v) is 6.10. The Hall–Kier alpha value is -2.73. The number of nitrogens with two attached hydrogens (primary N) is 1. The van der Waals surface area contributed by atoms with Crippen molar-refractivity contribution in [2.75, 3.05) is 5.73 Å². The van der Waals surface area contributed by atoms with E-state index in [1.165, 1.54) is 0 Å². The zero-order valence-corrected chi connectivity index (χ0v) is 10.3. The van der Waals surface area contributed by atoms with E-state index in [9.17, 15) is 5.26 Å². The number of para-hydroxylation sites is 1. The van der Waals surface area contributed by atoms with Crippen molar-refractivity contribution in [3.8, 4) is 6.07 Å². The number of aromatic nitrogens is 1. The van der Waals surface area contributed by atoms with Crippen LogP contribution in [0.5, 0.6) is 0 Å². The third kappa shape index (κ3) is 1.94. The van der Waals surface area contributed by atoms with Gasteiger partial charge in [-0.3, -0.25) is 0 Å². The van der Waals surface area contributed by atoms with Crippen LogP contribution in [0.3, 0.4) is 0 Å². The van der Waals surface area contributed by atoms with Gasteiger partial charge >= 0.3 is 0 Å². The Kier molecular flexibility index (Phi) is 2.70. The zero-order chi connectivity index (χ0) is 13.2. The summed E-state index contributed by atoms with van der Waals surface area (Å²) in [6, 6.07) is 17.8. The molecule has 92 valence electrons. The second-order valence-corrected chi connectivity index (χ2v) is 4.52. The topological polar surface area (TPSA) is 65.6 Å². The molecule has 0 fully saturated rings. The van der Waals surface area contributed by atoms with Gasteiger partial charge in [0.25, 0.3) is 0 Å². The largest absolute Gasteiger partial charge is 0.399 e. The van der Waals surface area contributed by atoms with E-state index in [-0.39, 0.29) is 5.92 Å². The quantitative estimate of drug-likeness (QED) is 0.681. The summed E-state index contributed by atoms with van der Waals surface area (Å²) in [5.74, 6) is -0.281. The Morgan fingerprint density at radius 3 is 2.53 bits per heavy atom. The van der Waals surface area contributed by atoms with Crippen LogP contribution in [0.15, 0.2) is 54.7 Å². The predicted molar refractivity (Wildman–Crippen MR) is 76.6 cm³/mol. The molecule has 0 radical (unpaired) electrons. The van der Waals surface area contributed by atoms with Crippen LogP contribution in [-0.4, -0.2) is 4.98 Å². The molecule has 0 amide bonds.